The topological polar surface area (TPSA) is 154 Å². The lowest BCUT2D eigenvalue weighted by Crippen LogP contribution is -2.50. The number of aliphatic hydroxyl groups is 1. The Kier molecular flexibility index (Phi) is 9.24. The molecule has 2 heterocycles. The number of nitrogens with one attached hydrogen (secondary N) is 2. The minimum absolute atomic E-state index is 0.0200. The molecule has 0 fully saturated rings. The standard InChI is InChI=1S/C29H37N5O7S/c1-17-7-10-23(11-8-17)42(38,39)33(6)15-26-18(2)14-34(19(3)16-35)28(36)24-13-22(9-12-25(24)40-26)30-29(37)31-27-20(4)32-41-21(27)5/h7-13,18-19,26,35H,14-16H2,1-6H3,(H2,30,31,37)/t18-,19+,26+/m0/s1. The summed E-state index contributed by atoms with van der Waals surface area (Å²) in [5.74, 6) is 0.0229. The maximum Gasteiger partial charge on any atom is 0.323 e. The minimum atomic E-state index is -3.80. The molecule has 226 valence electrons. The molecule has 12 nitrogen and oxygen atoms in total. The van der Waals surface area contributed by atoms with Crippen molar-refractivity contribution in [1.82, 2.24) is 14.4 Å². The molecule has 0 aliphatic carbocycles. The van der Waals surface area contributed by atoms with E-state index < -0.39 is 28.2 Å². The number of amides is 3. The first-order chi connectivity index (χ1) is 19.8. The average molecular weight is 600 g/mol. The number of nitrogens with zero attached hydrogens (tertiary/aromatic N) is 3. The number of carbonyl (C=O) groups is 2. The number of carbonyl (C=O) groups excluding carboxylic acids is 2. The van der Waals surface area contributed by atoms with Gasteiger partial charge in [-0.05, 0) is 58.0 Å². The van der Waals surface area contributed by atoms with Gasteiger partial charge in [0.05, 0.1) is 29.7 Å². The molecule has 0 unspecified atom stereocenters. The SMILES string of the molecule is Cc1ccc(S(=O)(=O)N(C)C[C@H]2Oc3ccc(NC(=O)Nc4c(C)noc4C)cc3C(=O)N([C@H](C)CO)C[C@@H]2C)cc1. The lowest BCUT2D eigenvalue weighted by Gasteiger charge is -2.38. The Morgan fingerprint density at radius 2 is 1.86 bits per heavy atom. The summed E-state index contributed by atoms with van der Waals surface area (Å²) in [4.78, 5) is 28.1. The fourth-order valence-electron chi connectivity index (χ4n) is 4.70. The number of anilines is 2. The lowest BCUT2D eigenvalue weighted by molar-refractivity contribution is 0.0387. The first-order valence-corrected chi connectivity index (χ1v) is 15.0. The Morgan fingerprint density at radius 1 is 1.17 bits per heavy atom. The number of aryl methyl sites for hydroxylation is 3. The third-order valence-corrected chi connectivity index (χ3v) is 9.20. The number of benzene rings is 2. The number of aromatic nitrogens is 1. The van der Waals surface area contributed by atoms with Crippen molar-refractivity contribution < 1.29 is 32.4 Å². The second-order valence-electron chi connectivity index (χ2n) is 10.7. The van der Waals surface area contributed by atoms with Crippen LogP contribution in [-0.2, 0) is 10.0 Å². The van der Waals surface area contributed by atoms with Crippen LogP contribution in [0.3, 0.4) is 0 Å². The highest BCUT2D eigenvalue weighted by molar-refractivity contribution is 7.89. The number of urea groups is 1. The second kappa shape index (κ2) is 12.5. The summed E-state index contributed by atoms with van der Waals surface area (Å²) in [5, 5.41) is 19.1. The zero-order chi connectivity index (χ0) is 30.8. The molecule has 0 bridgehead atoms. The van der Waals surface area contributed by atoms with Crippen LogP contribution in [0.25, 0.3) is 0 Å². The highest BCUT2D eigenvalue weighted by atomic mass is 32.2. The molecule has 4 rings (SSSR count). The number of aliphatic hydroxyl groups excluding tert-OH is 1. The summed E-state index contributed by atoms with van der Waals surface area (Å²) in [6.45, 7) is 8.84. The van der Waals surface area contributed by atoms with E-state index in [1.54, 1.807) is 62.1 Å². The molecule has 0 saturated heterocycles. The molecule has 0 saturated carbocycles. The van der Waals surface area contributed by atoms with E-state index in [2.05, 4.69) is 15.8 Å². The van der Waals surface area contributed by atoms with Crippen molar-refractivity contribution in [2.45, 2.75) is 51.7 Å². The van der Waals surface area contributed by atoms with Gasteiger partial charge in [0.1, 0.15) is 23.2 Å². The molecule has 0 radical (unpaired) electrons. The maximum absolute atomic E-state index is 13.7. The fourth-order valence-corrected chi connectivity index (χ4v) is 5.88. The second-order valence-corrected chi connectivity index (χ2v) is 12.8. The van der Waals surface area contributed by atoms with E-state index in [4.69, 9.17) is 9.26 Å². The summed E-state index contributed by atoms with van der Waals surface area (Å²) in [6, 6.07) is 10.2. The molecule has 3 aromatic rings. The van der Waals surface area contributed by atoms with Gasteiger partial charge in [-0.15, -0.1) is 0 Å². The fraction of sp³-hybridized carbons (Fsp3) is 0.414. The Bertz CT molecular complexity index is 1540. The molecular formula is C29H37N5O7S. The van der Waals surface area contributed by atoms with Gasteiger partial charge in [-0.2, -0.15) is 4.31 Å². The third-order valence-electron chi connectivity index (χ3n) is 7.36. The van der Waals surface area contributed by atoms with E-state index in [9.17, 15) is 23.1 Å². The number of ether oxygens (including phenoxy) is 1. The van der Waals surface area contributed by atoms with Crippen molar-refractivity contribution in [3.05, 3.63) is 65.0 Å². The van der Waals surface area contributed by atoms with Gasteiger partial charge >= 0.3 is 6.03 Å². The van der Waals surface area contributed by atoms with E-state index in [0.717, 1.165) is 5.56 Å². The zero-order valence-electron chi connectivity index (χ0n) is 24.5. The Morgan fingerprint density at radius 3 is 2.48 bits per heavy atom. The molecule has 1 aliphatic rings. The largest absolute Gasteiger partial charge is 0.488 e. The maximum atomic E-state index is 13.7. The number of sulfonamides is 1. The van der Waals surface area contributed by atoms with Crippen LogP contribution in [0.2, 0.25) is 0 Å². The van der Waals surface area contributed by atoms with Gasteiger partial charge in [0, 0.05) is 25.2 Å². The van der Waals surface area contributed by atoms with E-state index in [1.807, 2.05) is 13.8 Å². The van der Waals surface area contributed by atoms with E-state index in [0.29, 0.717) is 22.8 Å². The molecule has 13 heteroatoms. The molecule has 1 aliphatic heterocycles. The predicted octanol–water partition coefficient (Wildman–Crippen LogP) is 3.78. The smallest absolute Gasteiger partial charge is 0.323 e. The molecule has 0 spiro atoms. The van der Waals surface area contributed by atoms with E-state index >= 15 is 0 Å². The lowest BCUT2D eigenvalue weighted by atomic mass is 9.99. The molecule has 1 aromatic heterocycles. The van der Waals surface area contributed by atoms with E-state index in [-0.39, 0.29) is 47.7 Å². The van der Waals surface area contributed by atoms with Crippen LogP contribution in [0.5, 0.6) is 5.75 Å². The zero-order valence-corrected chi connectivity index (χ0v) is 25.4. The minimum Gasteiger partial charge on any atom is -0.488 e. The number of likely N-dealkylation sites (N-methyl/N-ethyl adjacent to an activating group) is 1. The molecule has 3 N–H and O–H groups in total. The Balaban J connectivity index is 1.62. The van der Waals surface area contributed by atoms with Crippen LogP contribution < -0.4 is 15.4 Å². The van der Waals surface area contributed by atoms with Crippen molar-refractivity contribution in [3.8, 4) is 5.75 Å². The average Bonchev–Trinajstić information content (AvgIpc) is 3.26. The van der Waals surface area contributed by atoms with Crippen LogP contribution in [0.1, 0.15) is 41.2 Å². The van der Waals surface area contributed by atoms with Gasteiger partial charge in [-0.3, -0.25) is 4.79 Å². The van der Waals surface area contributed by atoms with Crippen LogP contribution in [0.4, 0.5) is 16.2 Å². The summed E-state index contributed by atoms with van der Waals surface area (Å²) in [5.41, 5.74) is 2.42. The number of rotatable bonds is 8. The van der Waals surface area contributed by atoms with Gasteiger partial charge in [0.2, 0.25) is 10.0 Å². The van der Waals surface area contributed by atoms with Crippen LogP contribution in [-0.4, -0.2) is 78.7 Å². The molecule has 42 heavy (non-hydrogen) atoms. The Labute approximate surface area is 245 Å². The summed E-state index contributed by atoms with van der Waals surface area (Å²) < 4.78 is 39.3. The van der Waals surface area contributed by atoms with Crippen molar-refractivity contribution in [1.29, 1.82) is 0 Å². The molecule has 3 atom stereocenters. The van der Waals surface area contributed by atoms with Gasteiger partial charge in [-0.25, -0.2) is 13.2 Å². The summed E-state index contributed by atoms with van der Waals surface area (Å²) >= 11 is 0. The number of fused-ring (bicyclic) bond motifs is 1. The van der Waals surface area contributed by atoms with Crippen molar-refractivity contribution >= 4 is 33.3 Å². The van der Waals surface area contributed by atoms with Gasteiger partial charge in [0.25, 0.3) is 5.91 Å². The first kappa shape index (κ1) is 31.0. The number of hydrogen-bond donors (Lipinski definition) is 3. The predicted molar refractivity (Wildman–Crippen MR) is 157 cm³/mol. The van der Waals surface area contributed by atoms with Gasteiger partial charge in [0.15, 0.2) is 5.76 Å². The quantitative estimate of drug-likeness (QED) is 0.353. The van der Waals surface area contributed by atoms with Gasteiger partial charge in [-0.1, -0.05) is 29.8 Å². The van der Waals surface area contributed by atoms with Crippen molar-refractivity contribution in [3.63, 3.8) is 0 Å². The number of hydrogen-bond acceptors (Lipinski definition) is 8. The molecule has 2 aromatic carbocycles. The first-order valence-electron chi connectivity index (χ1n) is 13.6. The van der Waals surface area contributed by atoms with Crippen LogP contribution >= 0.6 is 0 Å². The Hall–Kier alpha value is -3.94. The highest BCUT2D eigenvalue weighted by Gasteiger charge is 2.35. The summed E-state index contributed by atoms with van der Waals surface area (Å²) in [7, 11) is -2.31. The van der Waals surface area contributed by atoms with Crippen molar-refractivity contribution in [2.75, 3.05) is 37.4 Å². The highest BCUT2D eigenvalue weighted by Crippen LogP contribution is 2.31. The summed E-state index contributed by atoms with van der Waals surface area (Å²) in [6.07, 6.45) is -0.628. The van der Waals surface area contributed by atoms with Crippen LogP contribution in [0.15, 0.2) is 51.9 Å². The van der Waals surface area contributed by atoms with Crippen LogP contribution in [0, 0.1) is 26.7 Å². The molecular weight excluding hydrogens is 562 g/mol. The van der Waals surface area contributed by atoms with E-state index in [1.165, 1.54) is 17.4 Å². The van der Waals surface area contributed by atoms with Crippen molar-refractivity contribution in [2.24, 2.45) is 5.92 Å². The normalized spacial score (nSPS) is 18.1. The third kappa shape index (κ3) is 6.58. The van der Waals surface area contributed by atoms with Gasteiger partial charge < -0.3 is 29.9 Å². The monoisotopic (exact) mass is 599 g/mol. The molecule has 3 amide bonds.